The molecule has 0 spiro atoms. The maximum atomic E-state index is 7.62. The molecule has 0 radical (unpaired) electrons. The second-order valence-electron chi connectivity index (χ2n) is 8.30. The van der Waals surface area contributed by atoms with Crippen molar-refractivity contribution < 1.29 is 0 Å². The van der Waals surface area contributed by atoms with Gasteiger partial charge in [0.05, 0.1) is 0 Å². The SMILES string of the molecule is B/C(C=N)=C1\N=C(C2CCN(C3CCC3)CC2)C=C(NCC2=CN=CCC2)N1. The Labute approximate surface area is 168 Å². The lowest BCUT2D eigenvalue weighted by atomic mass is 9.86. The lowest BCUT2D eigenvalue weighted by Gasteiger charge is -2.42. The van der Waals surface area contributed by atoms with Gasteiger partial charge in [0.15, 0.2) is 0 Å². The van der Waals surface area contributed by atoms with Gasteiger partial charge in [-0.15, -0.1) is 0 Å². The fourth-order valence-electron chi connectivity index (χ4n) is 4.26. The van der Waals surface area contributed by atoms with Gasteiger partial charge in [-0.25, -0.2) is 4.99 Å². The highest BCUT2D eigenvalue weighted by Crippen LogP contribution is 2.30. The van der Waals surface area contributed by atoms with E-state index >= 15 is 0 Å². The highest BCUT2D eigenvalue weighted by atomic mass is 15.2. The minimum atomic E-state index is 0.502. The molecule has 0 aromatic rings. The molecule has 0 unspecified atom stereocenters. The van der Waals surface area contributed by atoms with Crippen molar-refractivity contribution in [2.75, 3.05) is 19.6 Å². The average Bonchev–Trinajstić information content (AvgIpc) is 2.71. The largest absolute Gasteiger partial charge is 0.368 e. The number of hydrogen-bond donors (Lipinski definition) is 3. The second-order valence-corrected chi connectivity index (χ2v) is 8.30. The smallest absolute Gasteiger partial charge is 0.146 e. The van der Waals surface area contributed by atoms with E-state index in [1.165, 1.54) is 57.0 Å². The average molecular weight is 378 g/mol. The fraction of sp³-hybridized carbons (Fsp3) is 0.571. The van der Waals surface area contributed by atoms with E-state index in [9.17, 15) is 0 Å². The van der Waals surface area contributed by atoms with Gasteiger partial charge >= 0.3 is 0 Å². The molecule has 1 saturated carbocycles. The van der Waals surface area contributed by atoms with Gasteiger partial charge in [0.2, 0.25) is 0 Å². The molecule has 0 amide bonds. The summed E-state index contributed by atoms with van der Waals surface area (Å²) >= 11 is 0. The van der Waals surface area contributed by atoms with Crippen LogP contribution in [0.5, 0.6) is 0 Å². The number of rotatable bonds is 6. The third kappa shape index (κ3) is 4.46. The van der Waals surface area contributed by atoms with E-state index in [4.69, 9.17) is 10.4 Å². The Hall–Kier alpha value is -2.15. The van der Waals surface area contributed by atoms with E-state index < -0.39 is 0 Å². The fourth-order valence-corrected chi connectivity index (χ4v) is 4.26. The van der Waals surface area contributed by atoms with E-state index in [0.29, 0.717) is 5.92 Å². The van der Waals surface area contributed by atoms with Gasteiger partial charge in [0.1, 0.15) is 19.5 Å². The maximum Gasteiger partial charge on any atom is 0.146 e. The molecule has 4 aliphatic rings. The molecule has 28 heavy (non-hydrogen) atoms. The van der Waals surface area contributed by atoms with Crippen molar-refractivity contribution in [2.45, 2.75) is 51.0 Å². The van der Waals surface area contributed by atoms with Gasteiger partial charge < -0.3 is 20.9 Å². The van der Waals surface area contributed by atoms with Crippen LogP contribution in [-0.2, 0) is 0 Å². The third-order valence-electron chi connectivity index (χ3n) is 6.38. The molecule has 3 aliphatic heterocycles. The van der Waals surface area contributed by atoms with E-state index in [0.717, 1.165) is 48.3 Å². The van der Waals surface area contributed by atoms with Crippen molar-refractivity contribution in [3.05, 3.63) is 35.0 Å². The van der Waals surface area contributed by atoms with Gasteiger partial charge in [-0.2, -0.15) is 0 Å². The molecule has 4 rings (SSSR count). The van der Waals surface area contributed by atoms with Crippen LogP contribution in [-0.4, -0.2) is 56.6 Å². The predicted molar refractivity (Wildman–Crippen MR) is 119 cm³/mol. The number of piperidine rings is 1. The summed E-state index contributed by atoms with van der Waals surface area (Å²) in [7, 11) is 1.94. The molecule has 1 aliphatic carbocycles. The minimum Gasteiger partial charge on any atom is -0.368 e. The van der Waals surface area contributed by atoms with Gasteiger partial charge in [-0.3, -0.25) is 4.99 Å². The van der Waals surface area contributed by atoms with Gasteiger partial charge in [0.25, 0.3) is 0 Å². The summed E-state index contributed by atoms with van der Waals surface area (Å²) < 4.78 is 0. The lowest BCUT2D eigenvalue weighted by molar-refractivity contribution is 0.0960. The van der Waals surface area contributed by atoms with Crippen LogP contribution < -0.4 is 10.6 Å². The molecule has 0 aromatic carbocycles. The highest BCUT2D eigenvalue weighted by Gasteiger charge is 2.30. The molecule has 7 heteroatoms. The van der Waals surface area contributed by atoms with Gasteiger partial charge in [-0.05, 0) is 62.7 Å². The van der Waals surface area contributed by atoms with E-state index in [1.54, 1.807) is 0 Å². The lowest BCUT2D eigenvalue weighted by Crippen LogP contribution is -2.46. The molecule has 0 atom stereocenters. The summed E-state index contributed by atoms with van der Waals surface area (Å²) in [6, 6.07) is 0.839. The maximum absolute atomic E-state index is 7.62. The monoisotopic (exact) mass is 378 g/mol. The van der Waals surface area contributed by atoms with Crippen LogP contribution in [0.3, 0.4) is 0 Å². The predicted octanol–water partition coefficient (Wildman–Crippen LogP) is 1.93. The molecule has 3 N–H and O–H groups in total. The molecule has 3 heterocycles. The molecule has 6 nitrogen and oxygen atoms in total. The molecule has 0 bridgehead atoms. The molecule has 1 saturated heterocycles. The molecular formula is C21H31BN6. The van der Waals surface area contributed by atoms with E-state index in [2.05, 4.69) is 26.6 Å². The standard InChI is InChI=1S/C21H31BN6/c22-18(12-23)21-26-19(16-6-9-28(10-7-16)17-4-1-5-17)11-20(27-21)25-14-15-3-2-8-24-13-15/h8,11-13,16-17,23,25,27H,1-7,9-10,14,22H2/b21-18+,23-12?. The van der Waals surface area contributed by atoms with Gasteiger partial charge in [-0.1, -0.05) is 6.42 Å². The minimum absolute atomic E-state index is 0.502. The quantitative estimate of drug-likeness (QED) is 0.488. The van der Waals surface area contributed by atoms with Crippen LogP contribution in [0.25, 0.3) is 0 Å². The van der Waals surface area contributed by atoms with Gasteiger partial charge in [0, 0.05) is 48.9 Å². The Bertz CT molecular complexity index is 751. The number of hydrogen-bond acceptors (Lipinski definition) is 6. The molecule has 0 aromatic heterocycles. The summed E-state index contributed by atoms with van der Waals surface area (Å²) in [6.45, 7) is 3.16. The van der Waals surface area contributed by atoms with Crippen LogP contribution in [0.15, 0.2) is 44.9 Å². The summed E-state index contributed by atoms with van der Waals surface area (Å²) in [6.07, 6.45) is 16.1. The first kappa shape index (κ1) is 19.2. The number of aliphatic imine (C=N–C) groups is 2. The molecule has 2 fully saturated rings. The zero-order valence-electron chi connectivity index (χ0n) is 16.9. The zero-order chi connectivity index (χ0) is 19.3. The number of allylic oxidation sites excluding steroid dienone is 2. The van der Waals surface area contributed by atoms with Crippen molar-refractivity contribution in [3.63, 3.8) is 0 Å². The van der Waals surface area contributed by atoms with Crippen LogP contribution >= 0.6 is 0 Å². The van der Waals surface area contributed by atoms with Crippen molar-refractivity contribution in [3.8, 4) is 0 Å². The van der Waals surface area contributed by atoms with Crippen LogP contribution in [0.4, 0.5) is 0 Å². The topological polar surface area (TPSA) is 75.9 Å². The first-order valence-corrected chi connectivity index (χ1v) is 10.7. The highest BCUT2D eigenvalue weighted by molar-refractivity contribution is 6.33. The first-order valence-electron chi connectivity index (χ1n) is 10.7. The first-order chi connectivity index (χ1) is 13.7. The molecular weight excluding hydrogens is 347 g/mol. The van der Waals surface area contributed by atoms with Crippen LogP contribution in [0.2, 0.25) is 0 Å². The van der Waals surface area contributed by atoms with Crippen molar-refractivity contribution in [1.82, 2.24) is 15.5 Å². The van der Waals surface area contributed by atoms with Crippen molar-refractivity contribution in [2.24, 2.45) is 15.9 Å². The number of nitrogens with zero attached hydrogens (tertiary/aromatic N) is 3. The Morgan fingerprint density at radius 3 is 2.79 bits per heavy atom. The zero-order valence-corrected chi connectivity index (χ0v) is 16.9. The van der Waals surface area contributed by atoms with Crippen LogP contribution in [0, 0.1) is 11.3 Å². The molecule has 148 valence electrons. The third-order valence-corrected chi connectivity index (χ3v) is 6.38. The number of likely N-dealkylation sites (tertiary alicyclic amines) is 1. The summed E-state index contributed by atoms with van der Waals surface area (Å²) in [4.78, 5) is 11.8. The van der Waals surface area contributed by atoms with Crippen molar-refractivity contribution in [1.29, 1.82) is 5.41 Å². The van der Waals surface area contributed by atoms with E-state index in [1.807, 2.05) is 20.3 Å². The Kier molecular flexibility index (Phi) is 6.10. The number of nitrogens with one attached hydrogen (secondary N) is 3. The normalized spacial score (nSPS) is 25.8. The Morgan fingerprint density at radius 2 is 2.14 bits per heavy atom. The Morgan fingerprint density at radius 1 is 1.32 bits per heavy atom. The summed E-state index contributed by atoms with van der Waals surface area (Å²) in [5.41, 5.74) is 3.33. The second kappa shape index (κ2) is 8.90. The summed E-state index contributed by atoms with van der Waals surface area (Å²) in [5, 5.41) is 14.5. The summed E-state index contributed by atoms with van der Waals surface area (Å²) in [5.74, 6) is 2.28. The van der Waals surface area contributed by atoms with Crippen LogP contribution in [0.1, 0.15) is 44.9 Å². The van der Waals surface area contributed by atoms with E-state index in [-0.39, 0.29) is 0 Å². The van der Waals surface area contributed by atoms with Crippen molar-refractivity contribution >= 4 is 26.0 Å². The Balaban J connectivity index is 1.44.